The number of likely N-dealkylation sites (N-methyl/N-ethyl adjacent to an activating group) is 1. The van der Waals surface area contributed by atoms with Crippen molar-refractivity contribution in [2.45, 2.75) is 33.2 Å². The maximum atomic E-state index is 3.89. The van der Waals surface area contributed by atoms with E-state index in [1.807, 2.05) is 0 Å². The van der Waals surface area contributed by atoms with Crippen LogP contribution in [0.15, 0.2) is 12.2 Å². The van der Waals surface area contributed by atoms with Crippen LogP contribution in [0, 0.1) is 0 Å². The summed E-state index contributed by atoms with van der Waals surface area (Å²) in [6.45, 7) is 13.6. The highest BCUT2D eigenvalue weighted by atomic mass is 15.1. The van der Waals surface area contributed by atoms with Gasteiger partial charge in [0, 0.05) is 12.6 Å². The number of nitrogens with one attached hydrogen (secondary N) is 1. The van der Waals surface area contributed by atoms with Crippen LogP contribution in [-0.2, 0) is 0 Å². The van der Waals surface area contributed by atoms with Gasteiger partial charge in [-0.25, -0.2) is 0 Å². The Bertz CT molecular complexity index is 141. The van der Waals surface area contributed by atoms with Crippen LogP contribution in [0.5, 0.6) is 0 Å². The SMILES string of the molecule is C=C(C)CN(C)CCCNC(C)C. The van der Waals surface area contributed by atoms with E-state index in [1.165, 1.54) is 12.0 Å². The molecule has 0 aromatic heterocycles. The van der Waals surface area contributed by atoms with Crippen molar-refractivity contribution in [2.24, 2.45) is 0 Å². The van der Waals surface area contributed by atoms with Gasteiger partial charge in [-0.3, -0.25) is 0 Å². The van der Waals surface area contributed by atoms with Gasteiger partial charge < -0.3 is 10.2 Å². The van der Waals surface area contributed by atoms with E-state index < -0.39 is 0 Å². The second-order valence-electron chi connectivity index (χ2n) is 4.16. The quantitative estimate of drug-likeness (QED) is 0.480. The number of hydrogen-bond acceptors (Lipinski definition) is 2. The third-order valence-electron chi connectivity index (χ3n) is 1.81. The van der Waals surface area contributed by atoms with E-state index in [1.54, 1.807) is 0 Å². The third-order valence-corrected chi connectivity index (χ3v) is 1.81. The molecule has 0 spiro atoms. The van der Waals surface area contributed by atoms with Crippen molar-refractivity contribution in [3.05, 3.63) is 12.2 Å². The summed E-state index contributed by atoms with van der Waals surface area (Å²) in [6, 6.07) is 0.603. The molecule has 0 amide bonds. The maximum Gasteiger partial charge on any atom is 0.0184 e. The minimum absolute atomic E-state index is 0.603. The van der Waals surface area contributed by atoms with Crippen molar-refractivity contribution in [1.29, 1.82) is 0 Å². The standard InChI is InChI=1S/C11H24N2/c1-10(2)9-13(5)8-6-7-12-11(3)4/h11-12H,1,6-9H2,2-5H3. The first-order valence-electron chi connectivity index (χ1n) is 5.08. The summed E-state index contributed by atoms with van der Waals surface area (Å²) in [5.74, 6) is 0. The van der Waals surface area contributed by atoms with Crippen LogP contribution in [0.25, 0.3) is 0 Å². The Balaban J connectivity index is 3.26. The zero-order chi connectivity index (χ0) is 10.3. The summed E-state index contributed by atoms with van der Waals surface area (Å²) in [7, 11) is 2.14. The molecule has 0 heterocycles. The Hall–Kier alpha value is -0.340. The van der Waals surface area contributed by atoms with E-state index in [0.29, 0.717) is 6.04 Å². The zero-order valence-corrected chi connectivity index (χ0v) is 9.56. The second kappa shape index (κ2) is 7.10. The van der Waals surface area contributed by atoms with Crippen molar-refractivity contribution in [2.75, 3.05) is 26.7 Å². The molecule has 0 fully saturated rings. The van der Waals surface area contributed by atoms with E-state index in [4.69, 9.17) is 0 Å². The lowest BCUT2D eigenvalue weighted by atomic mass is 10.3. The Labute approximate surface area is 83.0 Å². The first-order valence-corrected chi connectivity index (χ1v) is 5.08. The molecule has 0 saturated carbocycles. The molecule has 0 radical (unpaired) electrons. The molecule has 0 aliphatic rings. The molecule has 0 aliphatic heterocycles. The van der Waals surface area contributed by atoms with Crippen LogP contribution in [0.2, 0.25) is 0 Å². The molecule has 0 saturated heterocycles. The minimum Gasteiger partial charge on any atom is -0.314 e. The van der Waals surface area contributed by atoms with Gasteiger partial charge in [0.2, 0.25) is 0 Å². The Morgan fingerprint density at radius 1 is 1.46 bits per heavy atom. The van der Waals surface area contributed by atoms with Gasteiger partial charge in [0.15, 0.2) is 0 Å². The number of rotatable bonds is 7. The molecule has 0 aromatic rings. The topological polar surface area (TPSA) is 15.3 Å². The molecular formula is C11H24N2. The molecule has 2 nitrogen and oxygen atoms in total. The lowest BCUT2D eigenvalue weighted by Crippen LogP contribution is -2.28. The van der Waals surface area contributed by atoms with Crippen LogP contribution in [-0.4, -0.2) is 37.6 Å². The van der Waals surface area contributed by atoms with Crippen molar-refractivity contribution < 1.29 is 0 Å². The van der Waals surface area contributed by atoms with E-state index in [9.17, 15) is 0 Å². The van der Waals surface area contributed by atoms with Crippen LogP contribution in [0.4, 0.5) is 0 Å². The van der Waals surface area contributed by atoms with E-state index in [0.717, 1.165) is 19.6 Å². The van der Waals surface area contributed by atoms with Gasteiger partial charge in [0.1, 0.15) is 0 Å². The first kappa shape index (κ1) is 12.7. The van der Waals surface area contributed by atoms with E-state index >= 15 is 0 Å². The summed E-state index contributed by atoms with van der Waals surface area (Å²) in [5.41, 5.74) is 1.24. The van der Waals surface area contributed by atoms with Gasteiger partial charge in [0.25, 0.3) is 0 Å². The van der Waals surface area contributed by atoms with Crippen molar-refractivity contribution >= 4 is 0 Å². The van der Waals surface area contributed by atoms with Gasteiger partial charge in [-0.15, -0.1) is 0 Å². The zero-order valence-electron chi connectivity index (χ0n) is 9.56. The van der Waals surface area contributed by atoms with Gasteiger partial charge >= 0.3 is 0 Å². The summed E-state index contributed by atoms with van der Waals surface area (Å²) in [4.78, 5) is 2.31. The van der Waals surface area contributed by atoms with Gasteiger partial charge in [-0.1, -0.05) is 26.0 Å². The van der Waals surface area contributed by atoms with Gasteiger partial charge in [-0.2, -0.15) is 0 Å². The summed E-state index contributed by atoms with van der Waals surface area (Å²) in [6.07, 6.45) is 1.21. The highest BCUT2D eigenvalue weighted by Gasteiger charge is 1.98. The average molecular weight is 184 g/mol. The van der Waals surface area contributed by atoms with Crippen LogP contribution in [0.1, 0.15) is 27.2 Å². The normalized spacial score (nSPS) is 11.2. The molecule has 0 rings (SSSR count). The lowest BCUT2D eigenvalue weighted by molar-refractivity contribution is 0.350. The molecule has 0 unspecified atom stereocenters. The van der Waals surface area contributed by atoms with E-state index in [-0.39, 0.29) is 0 Å². The molecule has 1 N–H and O–H groups in total. The lowest BCUT2D eigenvalue weighted by Gasteiger charge is -2.16. The maximum absolute atomic E-state index is 3.89. The Kier molecular flexibility index (Phi) is 6.92. The molecular weight excluding hydrogens is 160 g/mol. The molecule has 78 valence electrons. The predicted octanol–water partition coefficient (Wildman–Crippen LogP) is 1.88. The predicted molar refractivity (Wildman–Crippen MR) is 60.1 cm³/mol. The smallest absolute Gasteiger partial charge is 0.0184 e. The van der Waals surface area contributed by atoms with E-state index in [2.05, 4.69) is 44.6 Å². The molecule has 13 heavy (non-hydrogen) atoms. The number of nitrogens with zero attached hydrogens (tertiary/aromatic N) is 1. The van der Waals surface area contributed by atoms with Crippen molar-refractivity contribution in [3.8, 4) is 0 Å². The Morgan fingerprint density at radius 2 is 2.08 bits per heavy atom. The molecule has 0 atom stereocenters. The van der Waals surface area contributed by atoms with Gasteiger partial charge in [-0.05, 0) is 33.5 Å². The molecule has 0 bridgehead atoms. The fourth-order valence-corrected chi connectivity index (χ4v) is 1.28. The van der Waals surface area contributed by atoms with Crippen LogP contribution < -0.4 is 5.32 Å². The Morgan fingerprint density at radius 3 is 2.54 bits per heavy atom. The number of hydrogen-bond donors (Lipinski definition) is 1. The fourth-order valence-electron chi connectivity index (χ4n) is 1.28. The largest absolute Gasteiger partial charge is 0.314 e. The van der Waals surface area contributed by atoms with Crippen molar-refractivity contribution in [1.82, 2.24) is 10.2 Å². The minimum atomic E-state index is 0.603. The first-order chi connectivity index (χ1) is 6.02. The summed E-state index contributed by atoms with van der Waals surface area (Å²) >= 11 is 0. The van der Waals surface area contributed by atoms with Crippen LogP contribution >= 0.6 is 0 Å². The summed E-state index contributed by atoms with van der Waals surface area (Å²) in [5, 5.41) is 3.41. The van der Waals surface area contributed by atoms with Gasteiger partial charge in [0.05, 0.1) is 0 Å². The fraction of sp³-hybridized carbons (Fsp3) is 0.818. The highest BCUT2D eigenvalue weighted by Crippen LogP contribution is 1.93. The molecule has 0 aliphatic carbocycles. The molecule has 2 heteroatoms. The average Bonchev–Trinajstić information content (AvgIpc) is 1.96. The molecule has 0 aromatic carbocycles. The third kappa shape index (κ3) is 9.57. The summed E-state index contributed by atoms with van der Waals surface area (Å²) < 4.78 is 0. The second-order valence-corrected chi connectivity index (χ2v) is 4.16. The highest BCUT2D eigenvalue weighted by molar-refractivity contribution is 4.90. The van der Waals surface area contributed by atoms with Crippen molar-refractivity contribution in [3.63, 3.8) is 0 Å². The van der Waals surface area contributed by atoms with Crippen LogP contribution in [0.3, 0.4) is 0 Å². The monoisotopic (exact) mass is 184 g/mol.